The van der Waals surface area contributed by atoms with E-state index in [0.29, 0.717) is 0 Å². The van der Waals surface area contributed by atoms with Crippen molar-refractivity contribution in [3.63, 3.8) is 0 Å². The third-order valence-electron chi connectivity index (χ3n) is 0.213. The summed E-state index contributed by atoms with van der Waals surface area (Å²) in [6.45, 7) is 2.03. The van der Waals surface area contributed by atoms with Gasteiger partial charge in [0.15, 0.2) is 0 Å². The quantitative estimate of drug-likeness (QED) is 0.517. The lowest BCUT2D eigenvalue weighted by molar-refractivity contribution is 0.0437. The molecule has 0 bridgehead atoms. The first kappa shape index (κ1) is 12.4. The Morgan fingerprint density at radius 3 is 1.40 bits per heavy atom. The monoisotopic (exact) mass is 160 g/mol. The summed E-state index contributed by atoms with van der Waals surface area (Å²) in [7, 11) is 0. The van der Waals surface area contributed by atoms with Gasteiger partial charge in [-0.1, -0.05) is 0 Å². The highest BCUT2D eigenvalue weighted by molar-refractivity contribution is 4.40. The Kier molecular flexibility index (Phi) is 6.82. The predicted octanol–water partition coefficient (Wildman–Crippen LogP) is 2.98. The van der Waals surface area contributed by atoms with Crippen molar-refractivity contribution >= 4 is 0 Å². The Morgan fingerprint density at radius 2 is 1.40 bits per heavy atom. The average Bonchev–Trinajstić information content (AvgIpc) is 1.61. The second-order valence-corrected chi connectivity index (χ2v) is 2.26. The molecule has 0 nitrogen and oxygen atoms in total. The minimum atomic E-state index is -2.50. The zero-order valence-electron chi connectivity index (χ0n) is 6.30. The van der Waals surface area contributed by atoms with Crippen molar-refractivity contribution in [1.82, 2.24) is 0 Å². The van der Waals surface area contributed by atoms with E-state index in [-0.39, 0.29) is 0 Å². The minimum absolute atomic E-state index is 0.854. The van der Waals surface area contributed by atoms with Gasteiger partial charge in [0.2, 0.25) is 5.92 Å². The van der Waals surface area contributed by atoms with Crippen LogP contribution < -0.4 is 0 Å². The standard InChI is InChI=1S/2C3H6F2/c1-3(2,4)5;1-3(5)2-4/h1-2H3;3H,2H2,1H3. The molecular formula is C6H12F4. The molecule has 0 fully saturated rings. The third-order valence-corrected chi connectivity index (χ3v) is 0.213. The highest BCUT2D eigenvalue weighted by Crippen LogP contribution is 2.06. The van der Waals surface area contributed by atoms with E-state index in [4.69, 9.17) is 0 Å². The summed E-state index contributed by atoms with van der Waals surface area (Å²) in [6.07, 6.45) is -1.28. The van der Waals surface area contributed by atoms with Gasteiger partial charge in [0.25, 0.3) is 0 Å². The van der Waals surface area contributed by atoms with Crippen LogP contribution in [0, 0.1) is 0 Å². The van der Waals surface area contributed by atoms with Gasteiger partial charge in [-0.15, -0.1) is 0 Å². The Hall–Kier alpha value is -0.280. The van der Waals surface area contributed by atoms with Crippen LogP contribution in [0.1, 0.15) is 20.8 Å². The molecule has 1 unspecified atom stereocenters. The maximum Gasteiger partial charge on any atom is 0.242 e. The summed E-state index contributed by atoms with van der Waals surface area (Å²) in [5.74, 6) is -2.50. The summed E-state index contributed by atoms with van der Waals surface area (Å²) >= 11 is 0. The van der Waals surface area contributed by atoms with E-state index < -0.39 is 18.8 Å². The lowest BCUT2D eigenvalue weighted by atomic mass is 10.5. The van der Waals surface area contributed by atoms with Crippen LogP contribution in [0.15, 0.2) is 0 Å². The summed E-state index contributed by atoms with van der Waals surface area (Å²) in [4.78, 5) is 0. The van der Waals surface area contributed by atoms with Crippen LogP contribution in [0.3, 0.4) is 0 Å². The van der Waals surface area contributed by atoms with Gasteiger partial charge in [-0.25, -0.2) is 17.6 Å². The molecule has 4 heteroatoms. The molecule has 0 saturated carbocycles. The number of hydrogen-bond acceptors (Lipinski definition) is 0. The molecule has 0 aliphatic rings. The molecule has 0 aliphatic carbocycles. The van der Waals surface area contributed by atoms with E-state index in [1.807, 2.05) is 0 Å². The van der Waals surface area contributed by atoms with Crippen LogP contribution in [0.2, 0.25) is 0 Å². The summed E-state index contributed by atoms with van der Waals surface area (Å²) in [6, 6.07) is 0. The van der Waals surface area contributed by atoms with Crippen molar-refractivity contribution in [3.05, 3.63) is 0 Å². The van der Waals surface area contributed by atoms with Crippen molar-refractivity contribution < 1.29 is 17.6 Å². The third kappa shape index (κ3) is 118. The molecule has 0 heterocycles. The van der Waals surface area contributed by atoms with Crippen LogP contribution >= 0.6 is 0 Å². The first-order valence-corrected chi connectivity index (χ1v) is 2.85. The van der Waals surface area contributed by atoms with Crippen molar-refractivity contribution in [2.75, 3.05) is 6.67 Å². The predicted molar refractivity (Wildman–Crippen MR) is 32.8 cm³/mol. The normalized spacial score (nSPS) is 13.5. The molecule has 0 radical (unpaired) electrons. The van der Waals surface area contributed by atoms with Crippen LogP contribution in [0.25, 0.3) is 0 Å². The van der Waals surface area contributed by atoms with E-state index in [0.717, 1.165) is 13.8 Å². The molecule has 0 rings (SSSR count). The van der Waals surface area contributed by atoms with Crippen LogP contribution in [-0.2, 0) is 0 Å². The van der Waals surface area contributed by atoms with Crippen molar-refractivity contribution in [2.45, 2.75) is 32.9 Å². The summed E-state index contributed by atoms with van der Waals surface area (Å²) in [5.41, 5.74) is 0. The first-order valence-electron chi connectivity index (χ1n) is 2.85. The van der Waals surface area contributed by atoms with Crippen molar-refractivity contribution in [2.24, 2.45) is 0 Å². The zero-order valence-corrected chi connectivity index (χ0v) is 6.30. The smallest absolute Gasteiger partial charge is 0.242 e. The van der Waals surface area contributed by atoms with Crippen molar-refractivity contribution in [3.8, 4) is 0 Å². The van der Waals surface area contributed by atoms with E-state index in [1.54, 1.807) is 0 Å². The lowest BCUT2D eigenvalue weighted by Crippen LogP contribution is -1.98. The second-order valence-electron chi connectivity index (χ2n) is 2.26. The molecule has 64 valence electrons. The van der Waals surface area contributed by atoms with Gasteiger partial charge in [0.1, 0.15) is 12.8 Å². The molecule has 0 aromatic rings. The SMILES string of the molecule is CC(C)(F)F.CC(F)CF. The first-order chi connectivity index (χ1) is 4.27. The lowest BCUT2D eigenvalue weighted by Gasteiger charge is -1.94. The topological polar surface area (TPSA) is 0 Å². The van der Waals surface area contributed by atoms with Gasteiger partial charge in [0, 0.05) is 0 Å². The van der Waals surface area contributed by atoms with E-state index >= 15 is 0 Å². The van der Waals surface area contributed by atoms with Crippen LogP contribution in [-0.4, -0.2) is 18.8 Å². The zero-order chi connectivity index (χ0) is 8.78. The minimum Gasteiger partial charge on any atom is -0.248 e. The Bertz CT molecular complexity index is 58.6. The van der Waals surface area contributed by atoms with Gasteiger partial charge in [0.05, 0.1) is 0 Å². The number of hydrogen-bond donors (Lipinski definition) is 0. The summed E-state index contributed by atoms with van der Waals surface area (Å²) < 4.78 is 43.8. The molecule has 0 amide bonds. The number of halogens is 4. The van der Waals surface area contributed by atoms with E-state index in [1.165, 1.54) is 6.92 Å². The Labute approximate surface area is 58.2 Å². The van der Waals surface area contributed by atoms with Gasteiger partial charge in [-0.05, 0) is 20.8 Å². The number of rotatable bonds is 1. The largest absolute Gasteiger partial charge is 0.248 e. The highest BCUT2D eigenvalue weighted by Gasteiger charge is 2.08. The average molecular weight is 160 g/mol. The molecule has 0 aromatic carbocycles. The van der Waals surface area contributed by atoms with E-state index in [2.05, 4.69) is 0 Å². The van der Waals surface area contributed by atoms with Crippen LogP contribution in [0.5, 0.6) is 0 Å². The van der Waals surface area contributed by atoms with Gasteiger partial charge < -0.3 is 0 Å². The van der Waals surface area contributed by atoms with Gasteiger partial charge in [-0.3, -0.25) is 0 Å². The summed E-state index contributed by atoms with van der Waals surface area (Å²) in [5, 5.41) is 0. The molecule has 0 saturated heterocycles. The van der Waals surface area contributed by atoms with Crippen molar-refractivity contribution in [1.29, 1.82) is 0 Å². The second kappa shape index (κ2) is 5.50. The molecule has 0 aromatic heterocycles. The molecule has 0 N–H and O–H groups in total. The maximum atomic E-state index is 11.1. The van der Waals surface area contributed by atoms with Gasteiger partial charge >= 0.3 is 0 Å². The molecule has 1 atom stereocenters. The highest BCUT2D eigenvalue weighted by atomic mass is 19.3. The molecule has 0 spiro atoms. The fourth-order valence-corrected chi connectivity index (χ4v) is 0. The Morgan fingerprint density at radius 1 is 1.30 bits per heavy atom. The fraction of sp³-hybridized carbons (Fsp3) is 1.00. The van der Waals surface area contributed by atoms with Crippen LogP contribution in [0.4, 0.5) is 17.6 Å². The Balaban J connectivity index is 0. The molecular weight excluding hydrogens is 148 g/mol. The van der Waals surface area contributed by atoms with Gasteiger partial charge in [-0.2, -0.15) is 0 Å². The fourth-order valence-electron chi connectivity index (χ4n) is 0. The molecule has 0 aliphatic heterocycles. The molecule has 10 heavy (non-hydrogen) atoms. The van der Waals surface area contributed by atoms with E-state index in [9.17, 15) is 17.6 Å². The number of alkyl halides is 4. The maximum absolute atomic E-state index is 11.1.